The van der Waals surface area contributed by atoms with E-state index in [0.29, 0.717) is 5.41 Å². The van der Waals surface area contributed by atoms with E-state index in [-0.39, 0.29) is 0 Å². The summed E-state index contributed by atoms with van der Waals surface area (Å²) in [5.41, 5.74) is 0.671. The highest BCUT2D eigenvalue weighted by Crippen LogP contribution is 2.45. The second kappa shape index (κ2) is 5.72. The second-order valence-electron chi connectivity index (χ2n) is 4.55. The van der Waals surface area contributed by atoms with E-state index in [9.17, 15) is 0 Å². The van der Waals surface area contributed by atoms with Crippen molar-refractivity contribution < 1.29 is 4.74 Å². The Morgan fingerprint density at radius 1 is 1.14 bits per heavy atom. The van der Waals surface area contributed by atoms with Crippen LogP contribution in [0, 0.1) is 5.41 Å². The zero-order valence-corrected chi connectivity index (χ0v) is 10.0. The summed E-state index contributed by atoms with van der Waals surface area (Å²) in [5, 5.41) is 0. The molecule has 0 N–H and O–H groups in total. The summed E-state index contributed by atoms with van der Waals surface area (Å²) in [7, 11) is 0. The Labute approximate surface area is 88.6 Å². The topological polar surface area (TPSA) is 12.5 Å². The molecular weight excluding hydrogens is 174 g/mol. The highest BCUT2D eigenvalue weighted by atomic mass is 16.5. The minimum absolute atomic E-state index is 0.671. The quantitative estimate of drug-likeness (QED) is 0.677. The summed E-state index contributed by atoms with van der Waals surface area (Å²) >= 11 is 0. The van der Waals surface area contributed by atoms with Crippen LogP contribution in [0.3, 0.4) is 0 Å². The number of rotatable bonds is 2. The van der Waals surface area contributed by atoms with E-state index in [1.54, 1.807) is 0 Å². The van der Waals surface area contributed by atoms with Gasteiger partial charge in [0, 0.05) is 26.2 Å². The van der Waals surface area contributed by atoms with Crippen molar-refractivity contribution in [3.63, 3.8) is 0 Å². The molecule has 84 valence electrons. The molecule has 2 heteroatoms. The van der Waals surface area contributed by atoms with Crippen LogP contribution in [0.5, 0.6) is 0 Å². The van der Waals surface area contributed by atoms with Gasteiger partial charge in [0.1, 0.15) is 0 Å². The van der Waals surface area contributed by atoms with Crippen molar-refractivity contribution in [1.82, 2.24) is 4.90 Å². The van der Waals surface area contributed by atoms with Crippen molar-refractivity contribution >= 4 is 0 Å². The summed E-state index contributed by atoms with van der Waals surface area (Å²) in [5.74, 6) is 0. The van der Waals surface area contributed by atoms with E-state index < -0.39 is 0 Å². The van der Waals surface area contributed by atoms with Crippen LogP contribution in [0.25, 0.3) is 0 Å². The predicted octanol–water partition coefficient (Wildman–Crippen LogP) is 2.54. The minimum Gasteiger partial charge on any atom is -0.380 e. The smallest absolute Gasteiger partial charge is 0.0593 e. The van der Waals surface area contributed by atoms with Crippen LogP contribution in [-0.4, -0.2) is 37.7 Å². The van der Waals surface area contributed by atoms with E-state index in [1.165, 1.54) is 32.4 Å². The minimum atomic E-state index is 0.671. The fourth-order valence-corrected chi connectivity index (χ4v) is 1.87. The first kappa shape index (κ1) is 12.0. The van der Waals surface area contributed by atoms with E-state index in [1.807, 2.05) is 13.8 Å². The fourth-order valence-electron chi connectivity index (χ4n) is 1.87. The van der Waals surface area contributed by atoms with Crippen molar-refractivity contribution in [2.24, 2.45) is 5.41 Å². The summed E-state index contributed by atoms with van der Waals surface area (Å²) in [6.07, 6.45) is 4.09. The van der Waals surface area contributed by atoms with Gasteiger partial charge >= 0.3 is 0 Å². The number of hydrogen-bond acceptors (Lipinski definition) is 2. The van der Waals surface area contributed by atoms with Gasteiger partial charge in [0.15, 0.2) is 0 Å². The lowest BCUT2D eigenvalue weighted by atomic mass is 10.1. The molecule has 1 saturated carbocycles. The largest absolute Gasteiger partial charge is 0.380 e. The summed E-state index contributed by atoms with van der Waals surface area (Å²) in [6.45, 7) is 12.0. The van der Waals surface area contributed by atoms with E-state index in [4.69, 9.17) is 4.74 Å². The summed E-state index contributed by atoms with van der Waals surface area (Å²) in [4.78, 5) is 2.57. The second-order valence-corrected chi connectivity index (χ2v) is 4.55. The van der Waals surface area contributed by atoms with Gasteiger partial charge in [0.25, 0.3) is 0 Å². The fraction of sp³-hybridized carbons (Fsp3) is 1.00. The molecule has 1 aliphatic heterocycles. The van der Waals surface area contributed by atoms with Crippen LogP contribution in [0.15, 0.2) is 0 Å². The Kier molecular flexibility index (Phi) is 4.90. The molecule has 0 aromatic heterocycles. The maximum Gasteiger partial charge on any atom is 0.0593 e. The zero-order chi connectivity index (χ0) is 10.4. The SMILES string of the molecule is CC.CC1(CN2CCCOCC2)CC1. The van der Waals surface area contributed by atoms with Crippen LogP contribution in [0.4, 0.5) is 0 Å². The van der Waals surface area contributed by atoms with Crippen LogP contribution >= 0.6 is 0 Å². The van der Waals surface area contributed by atoms with Gasteiger partial charge in [-0.25, -0.2) is 0 Å². The molecule has 1 aliphatic carbocycles. The van der Waals surface area contributed by atoms with E-state index >= 15 is 0 Å². The third-order valence-electron chi connectivity index (χ3n) is 3.02. The molecule has 1 heterocycles. The van der Waals surface area contributed by atoms with Gasteiger partial charge in [0.2, 0.25) is 0 Å². The van der Waals surface area contributed by atoms with E-state index in [0.717, 1.165) is 19.8 Å². The van der Waals surface area contributed by atoms with Gasteiger partial charge in [0.05, 0.1) is 6.61 Å². The monoisotopic (exact) mass is 199 g/mol. The van der Waals surface area contributed by atoms with Crippen molar-refractivity contribution in [3.05, 3.63) is 0 Å². The van der Waals surface area contributed by atoms with Crippen LogP contribution < -0.4 is 0 Å². The first-order valence-electron chi connectivity index (χ1n) is 6.09. The lowest BCUT2D eigenvalue weighted by Gasteiger charge is -2.22. The van der Waals surface area contributed by atoms with Crippen LogP contribution in [-0.2, 0) is 4.74 Å². The van der Waals surface area contributed by atoms with Crippen molar-refractivity contribution in [2.75, 3.05) is 32.8 Å². The number of ether oxygens (including phenoxy) is 1. The molecule has 0 bridgehead atoms. The average molecular weight is 199 g/mol. The van der Waals surface area contributed by atoms with Crippen LogP contribution in [0.2, 0.25) is 0 Å². The summed E-state index contributed by atoms with van der Waals surface area (Å²) in [6, 6.07) is 0. The van der Waals surface area contributed by atoms with E-state index in [2.05, 4.69) is 11.8 Å². The Hall–Kier alpha value is -0.0800. The van der Waals surface area contributed by atoms with Gasteiger partial charge < -0.3 is 9.64 Å². The molecule has 2 aliphatic rings. The van der Waals surface area contributed by atoms with Gasteiger partial charge in [-0.1, -0.05) is 20.8 Å². The molecule has 0 aromatic rings. The standard InChI is InChI=1S/C10H19NO.C2H6/c1-10(3-4-10)9-11-5-2-7-12-8-6-11;1-2/h2-9H2,1H3;1-2H3. The molecule has 2 fully saturated rings. The van der Waals surface area contributed by atoms with Gasteiger partial charge in [-0.2, -0.15) is 0 Å². The molecule has 0 aromatic carbocycles. The lowest BCUT2D eigenvalue weighted by molar-refractivity contribution is 0.138. The predicted molar refractivity (Wildman–Crippen MR) is 60.6 cm³/mol. The van der Waals surface area contributed by atoms with Crippen LogP contribution in [0.1, 0.15) is 40.0 Å². The van der Waals surface area contributed by atoms with Gasteiger partial charge in [-0.15, -0.1) is 0 Å². The first-order chi connectivity index (χ1) is 6.79. The highest BCUT2D eigenvalue weighted by Gasteiger charge is 2.38. The summed E-state index contributed by atoms with van der Waals surface area (Å²) < 4.78 is 5.42. The van der Waals surface area contributed by atoms with Crippen molar-refractivity contribution in [2.45, 2.75) is 40.0 Å². The molecular formula is C12H25NO. The molecule has 2 rings (SSSR count). The Morgan fingerprint density at radius 3 is 2.50 bits per heavy atom. The molecule has 1 saturated heterocycles. The Morgan fingerprint density at radius 2 is 1.86 bits per heavy atom. The molecule has 0 atom stereocenters. The highest BCUT2D eigenvalue weighted by molar-refractivity contribution is 4.91. The Bertz CT molecular complexity index is 146. The van der Waals surface area contributed by atoms with Gasteiger partial charge in [-0.3, -0.25) is 0 Å². The third-order valence-corrected chi connectivity index (χ3v) is 3.02. The third kappa shape index (κ3) is 3.97. The maximum atomic E-state index is 5.42. The van der Waals surface area contributed by atoms with Crippen molar-refractivity contribution in [3.8, 4) is 0 Å². The molecule has 0 unspecified atom stereocenters. The Balaban J connectivity index is 0.000000461. The molecule has 0 radical (unpaired) electrons. The van der Waals surface area contributed by atoms with Gasteiger partial charge in [-0.05, 0) is 24.7 Å². The molecule has 0 spiro atoms. The lowest BCUT2D eigenvalue weighted by Crippen LogP contribution is -2.31. The number of hydrogen-bond donors (Lipinski definition) is 0. The molecule has 14 heavy (non-hydrogen) atoms. The zero-order valence-electron chi connectivity index (χ0n) is 10.0. The number of nitrogens with zero attached hydrogens (tertiary/aromatic N) is 1. The normalized spacial score (nSPS) is 25.9. The average Bonchev–Trinajstić information content (AvgIpc) is 2.96. The van der Waals surface area contributed by atoms with Crippen molar-refractivity contribution in [1.29, 1.82) is 0 Å². The first-order valence-corrected chi connectivity index (χ1v) is 6.09. The molecule has 2 nitrogen and oxygen atoms in total. The maximum absolute atomic E-state index is 5.42. The molecule has 0 amide bonds.